The third kappa shape index (κ3) is 4.05. The van der Waals surface area contributed by atoms with Gasteiger partial charge in [-0.15, -0.1) is 0 Å². The molecular weight excluding hydrogens is 293 g/mol. The zero-order chi connectivity index (χ0) is 15.2. The lowest BCUT2D eigenvalue weighted by atomic mass is 10.2. The summed E-state index contributed by atoms with van der Waals surface area (Å²) in [4.78, 5) is 15.7. The van der Waals surface area contributed by atoms with Gasteiger partial charge in [0.1, 0.15) is 12.4 Å². The maximum absolute atomic E-state index is 13.1. The zero-order valence-electron chi connectivity index (χ0n) is 11.5. The van der Waals surface area contributed by atoms with Crippen LogP contribution in [0.2, 0.25) is 0 Å². The van der Waals surface area contributed by atoms with Gasteiger partial charge in [-0.1, -0.05) is 23.9 Å². The molecule has 0 aliphatic carbocycles. The average molecular weight is 309 g/mol. The minimum Gasteiger partial charge on any atom is -0.390 e. The van der Waals surface area contributed by atoms with Crippen LogP contribution in [0.5, 0.6) is 0 Å². The van der Waals surface area contributed by atoms with Crippen LogP contribution in [0.1, 0.15) is 11.3 Å². The fraction of sp³-hybridized carbons (Fsp3) is 0.286. The number of aromatic nitrogens is 2. The standard InChI is InChI=1S/C14H16FN3O2S/c1-16-13(20)7-18-12(8-19)6-17-14(18)21-9-10-3-2-4-11(15)5-10/h2-6,19H,7-9H2,1H3,(H,16,20). The summed E-state index contributed by atoms with van der Waals surface area (Å²) < 4.78 is 14.8. The summed E-state index contributed by atoms with van der Waals surface area (Å²) in [6.45, 7) is -0.0948. The van der Waals surface area contributed by atoms with E-state index in [0.29, 0.717) is 16.6 Å². The summed E-state index contributed by atoms with van der Waals surface area (Å²) in [7, 11) is 1.55. The van der Waals surface area contributed by atoms with Gasteiger partial charge in [-0.05, 0) is 17.7 Å². The van der Waals surface area contributed by atoms with Crippen LogP contribution in [0.15, 0.2) is 35.6 Å². The van der Waals surface area contributed by atoms with Crippen LogP contribution in [0, 0.1) is 5.82 Å². The normalized spacial score (nSPS) is 10.6. The van der Waals surface area contributed by atoms with Gasteiger partial charge in [-0.3, -0.25) is 4.79 Å². The summed E-state index contributed by atoms with van der Waals surface area (Å²) in [5.41, 5.74) is 1.40. The van der Waals surface area contributed by atoms with Gasteiger partial charge in [0.15, 0.2) is 5.16 Å². The number of nitrogens with zero attached hydrogens (tertiary/aromatic N) is 2. The Morgan fingerprint density at radius 3 is 3.00 bits per heavy atom. The van der Waals surface area contributed by atoms with Crippen molar-refractivity contribution in [3.63, 3.8) is 0 Å². The van der Waals surface area contributed by atoms with E-state index in [1.807, 2.05) is 6.07 Å². The van der Waals surface area contributed by atoms with Crippen molar-refractivity contribution in [2.45, 2.75) is 24.1 Å². The number of rotatable bonds is 6. The molecule has 0 saturated heterocycles. The molecule has 0 aliphatic heterocycles. The van der Waals surface area contributed by atoms with Gasteiger partial charge in [0, 0.05) is 12.8 Å². The lowest BCUT2D eigenvalue weighted by Crippen LogP contribution is -2.24. The first-order valence-corrected chi connectivity index (χ1v) is 7.35. The zero-order valence-corrected chi connectivity index (χ0v) is 12.4. The predicted octanol–water partition coefficient (Wildman–Crippen LogP) is 1.55. The van der Waals surface area contributed by atoms with Crippen LogP contribution >= 0.6 is 11.8 Å². The first kappa shape index (κ1) is 15.5. The van der Waals surface area contributed by atoms with E-state index >= 15 is 0 Å². The van der Waals surface area contributed by atoms with Crippen molar-refractivity contribution in [3.8, 4) is 0 Å². The SMILES string of the molecule is CNC(=O)Cn1c(CO)cnc1SCc1cccc(F)c1. The summed E-state index contributed by atoms with van der Waals surface area (Å²) in [5, 5.41) is 12.4. The number of thioether (sulfide) groups is 1. The van der Waals surface area contributed by atoms with E-state index in [9.17, 15) is 14.3 Å². The molecule has 0 fully saturated rings. The van der Waals surface area contributed by atoms with E-state index in [-0.39, 0.29) is 24.9 Å². The molecule has 0 bridgehead atoms. The smallest absolute Gasteiger partial charge is 0.239 e. The molecular formula is C14H16FN3O2S. The maximum Gasteiger partial charge on any atom is 0.239 e. The molecule has 0 aliphatic rings. The molecule has 1 aromatic carbocycles. The summed E-state index contributed by atoms with van der Waals surface area (Å²) in [6, 6.07) is 6.34. The molecule has 1 aromatic heterocycles. The van der Waals surface area contributed by atoms with Gasteiger partial charge in [-0.25, -0.2) is 9.37 Å². The van der Waals surface area contributed by atoms with Crippen LogP contribution in [0.4, 0.5) is 4.39 Å². The van der Waals surface area contributed by atoms with Crippen molar-refractivity contribution in [1.82, 2.24) is 14.9 Å². The Balaban J connectivity index is 2.12. The minimum absolute atomic E-state index is 0.0951. The number of carbonyl (C=O) groups excluding carboxylic acids is 1. The fourth-order valence-corrected chi connectivity index (χ4v) is 2.74. The molecule has 0 unspecified atom stereocenters. The van der Waals surface area contributed by atoms with Gasteiger partial charge in [0.2, 0.25) is 5.91 Å². The molecule has 2 N–H and O–H groups in total. The molecule has 0 atom stereocenters. The van der Waals surface area contributed by atoms with Crippen molar-refractivity contribution in [3.05, 3.63) is 47.5 Å². The number of amides is 1. The Labute approximate surface area is 126 Å². The number of halogens is 1. The topological polar surface area (TPSA) is 67.2 Å². The quantitative estimate of drug-likeness (QED) is 0.795. The molecule has 21 heavy (non-hydrogen) atoms. The first-order valence-electron chi connectivity index (χ1n) is 6.37. The number of carbonyl (C=O) groups is 1. The molecule has 1 amide bonds. The van der Waals surface area contributed by atoms with Gasteiger partial charge in [0.05, 0.1) is 18.5 Å². The molecule has 5 nitrogen and oxygen atoms in total. The number of imidazole rings is 1. The Kier molecular flexibility index (Phi) is 5.35. The molecule has 1 heterocycles. The van der Waals surface area contributed by atoms with Crippen molar-refractivity contribution >= 4 is 17.7 Å². The minimum atomic E-state index is -0.280. The Hall–Kier alpha value is -1.86. The lowest BCUT2D eigenvalue weighted by molar-refractivity contribution is -0.121. The van der Waals surface area contributed by atoms with Crippen molar-refractivity contribution in [2.75, 3.05) is 7.05 Å². The summed E-state index contributed by atoms with van der Waals surface area (Å²) in [6.07, 6.45) is 1.54. The van der Waals surface area contributed by atoms with Crippen molar-refractivity contribution in [2.24, 2.45) is 0 Å². The number of nitrogens with one attached hydrogen (secondary N) is 1. The molecule has 112 valence electrons. The Bertz CT molecular complexity index is 630. The average Bonchev–Trinajstić information content (AvgIpc) is 2.87. The molecule has 2 rings (SSSR count). The van der Waals surface area contributed by atoms with Crippen LogP contribution in [-0.4, -0.2) is 27.6 Å². The molecule has 2 aromatic rings. The molecule has 7 heteroatoms. The largest absolute Gasteiger partial charge is 0.390 e. The summed E-state index contributed by atoms with van der Waals surface area (Å²) in [5.74, 6) is 0.0843. The van der Waals surface area contributed by atoms with Crippen molar-refractivity contribution in [1.29, 1.82) is 0 Å². The van der Waals surface area contributed by atoms with E-state index in [2.05, 4.69) is 10.3 Å². The van der Waals surface area contributed by atoms with Crippen molar-refractivity contribution < 1.29 is 14.3 Å². The van der Waals surface area contributed by atoms with E-state index in [1.54, 1.807) is 17.7 Å². The van der Waals surface area contributed by atoms with Gasteiger partial charge in [0.25, 0.3) is 0 Å². The second-order valence-corrected chi connectivity index (χ2v) is 5.31. The van der Waals surface area contributed by atoms with E-state index in [1.165, 1.54) is 30.1 Å². The van der Waals surface area contributed by atoms with Crippen LogP contribution in [-0.2, 0) is 23.7 Å². The van der Waals surface area contributed by atoms with Gasteiger partial charge in [-0.2, -0.15) is 0 Å². The highest BCUT2D eigenvalue weighted by Crippen LogP contribution is 2.23. The number of benzene rings is 1. The van der Waals surface area contributed by atoms with Crippen LogP contribution in [0.25, 0.3) is 0 Å². The first-order chi connectivity index (χ1) is 10.1. The second kappa shape index (κ2) is 7.24. The van der Waals surface area contributed by atoms with E-state index < -0.39 is 0 Å². The summed E-state index contributed by atoms with van der Waals surface area (Å²) >= 11 is 1.39. The van der Waals surface area contributed by atoms with Crippen LogP contribution < -0.4 is 5.32 Å². The second-order valence-electron chi connectivity index (χ2n) is 4.37. The maximum atomic E-state index is 13.1. The van der Waals surface area contributed by atoms with Crippen LogP contribution in [0.3, 0.4) is 0 Å². The third-order valence-corrected chi connectivity index (χ3v) is 3.96. The predicted molar refractivity (Wildman–Crippen MR) is 78.2 cm³/mol. The number of likely N-dealkylation sites (N-methyl/N-ethyl adjacent to an activating group) is 1. The number of aliphatic hydroxyl groups is 1. The highest BCUT2D eigenvalue weighted by atomic mass is 32.2. The van der Waals surface area contributed by atoms with Gasteiger partial charge < -0.3 is 15.0 Å². The fourth-order valence-electron chi connectivity index (χ4n) is 1.80. The number of hydrogen-bond acceptors (Lipinski definition) is 4. The number of aliphatic hydroxyl groups excluding tert-OH is 1. The van der Waals surface area contributed by atoms with E-state index in [4.69, 9.17) is 0 Å². The molecule has 0 spiro atoms. The Morgan fingerprint density at radius 2 is 2.33 bits per heavy atom. The Morgan fingerprint density at radius 1 is 1.52 bits per heavy atom. The molecule has 0 radical (unpaired) electrons. The monoisotopic (exact) mass is 309 g/mol. The highest BCUT2D eigenvalue weighted by Gasteiger charge is 2.13. The van der Waals surface area contributed by atoms with Gasteiger partial charge >= 0.3 is 0 Å². The molecule has 0 saturated carbocycles. The highest BCUT2D eigenvalue weighted by molar-refractivity contribution is 7.98. The third-order valence-electron chi connectivity index (χ3n) is 2.90. The lowest BCUT2D eigenvalue weighted by Gasteiger charge is -2.09. The number of hydrogen-bond donors (Lipinski definition) is 2. The van der Waals surface area contributed by atoms with E-state index in [0.717, 1.165) is 5.56 Å².